The molecule has 2 saturated heterocycles. The number of benzene rings is 1. The highest BCUT2D eigenvalue weighted by molar-refractivity contribution is 7.93. The molecule has 0 atom stereocenters. The maximum Gasteiger partial charge on any atom is 0.324 e. The molecule has 1 aromatic rings. The Balaban J connectivity index is 1.55. The predicted molar refractivity (Wildman–Crippen MR) is 95.2 cm³/mol. The van der Waals surface area contributed by atoms with Crippen molar-refractivity contribution in [2.45, 2.75) is 19.3 Å². The van der Waals surface area contributed by atoms with Gasteiger partial charge in [-0.05, 0) is 30.7 Å². The zero-order chi connectivity index (χ0) is 18.7. The van der Waals surface area contributed by atoms with Gasteiger partial charge in [0.05, 0.1) is 11.4 Å². The molecule has 0 spiro atoms. The highest BCUT2D eigenvalue weighted by Gasteiger charge is 2.28. The first kappa shape index (κ1) is 18.2. The van der Waals surface area contributed by atoms with Gasteiger partial charge in [-0.25, -0.2) is 13.2 Å². The zero-order valence-corrected chi connectivity index (χ0v) is 14.9. The number of nitrogens with one attached hydrogen (secondary N) is 2. The molecule has 2 aliphatic rings. The highest BCUT2D eigenvalue weighted by atomic mass is 32.2. The van der Waals surface area contributed by atoms with Crippen molar-refractivity contribution in [1.82, 2.24) is 10.2 Å². The van der Waals surface area contributed by atoms with E-state index < -0.39 is 16.1 Å². The van der Waals surface area contributed by atoms with Gasteiger partial charge in [-0.3, -0.25) is 18.8 Å². The van der Waals surface area contributed by atoms with E-state index in [9.17, 15) is 22.8 Å². The third-order valence-electron chi connectivity index (χ3n) is 4.26. The van der Waals surface area contributed by atoms with E-state index in [4.69, 9.17) is 0 Å². The van der Waals surface area contributed by atoms with Crippen LogP contribution in [0, 0.1) is 0 Å². The van der Waals surface area contributed by atoms with Gasteiger partial charge in [0.2, 0.25) is 21.8 Å². The monoisotopic (exact) mass is 380 g/mol. The summed E-state index contributed by atoms with van der Waals surface area (Å²) in [7, 11) is -3.24. The van der Waals surface area contributed by atoms with Crippen molar-refractivity contribution in [2.24, 2.45) is 0 Å². The molecule has 1 aromatic carbocycles. The maximum absolute atomic E-state index is 12.0. The third kappa shape index (κ3) is 3.96. The first-order valence-electron chi connectivity index (χ1n) is 8.35. The van der Waals surface area contributed by atoms with Crippen molar-refractivity contribution < 1.29 is 22.8 Å². The number of carbonyl (C=O) groups excluding carboxylic acids is 3. The second-order valence-corrected chi connectivity index (χ2v) is 8.13. The van der Waals surface area contributed by atoms with E-state index in [1.165, 1.54) is 4.31 Å². The summed E-state index contributed by atoms with van der Waals surface area (Å²) in [6.07, 6.45) is 0.819. The lowest BCUT2D eigenvalue weighted by atomic mass is 10.2. The number of hydrogen-bond acceptors (Lipinski definition) is 5. The van der Waals surface area contributed by atoms with Crippen molar-refractivity contribution in [3.8, 4) is 0 Å². The molecule has 0 aliphatic carbocycles. The fourth-order valence-electron chi connectivity index (χ4n) is 2.92. The molecule has 0 bridgehead atoms. The van der Waals surface area contributed by atoms with Crippen LogP contribution in [0.1, 0.15) is 19.3 Å². The van der Waals surface area contributed by atoms with Gasteiger partial charge in [-0.1, -0.05) is 0 Å². The van der Waals surface area contributed by atoms with Crippen LogP contribution in [0.15, 0.2) is 24.3 Å². The minimum absolute atomic E-state index is 0.0125. The number of urea groups is 1. The Morgan fingerprint density at radius 2 is 1.92 bits per heavy atom. The van der Waals surface area contributed by atoms with Gasteiger partial charge < -0.3 is 10.6 Å². The first-order chi connectivity index (χ1) is 12.4. The lowest BCUT2D eigenvalue weighted by Gasteiger charge is -2.25. The zero-order valence-electron chi connectivity index (χ0n) is 14.1. The van der Waals surface area contributed by atoms with Gasteiger partial charge in [0.25, 0.3) is 0 Å². The van der Waals surface area contributed by atoms with Crippen LogP contribution < -0.4 is 14.9 Å². The molecule has 10 heteroatoms. The second-order valence-electron chi connectivity index (χ2n) is 6.11. The van der Waals surface area contributed by atoms with E-state index >= 15 is 0 Å². The molecule has 3 rings (SSSR count). The van der Waals surface area contributed by atoms with Crippen molar-refractivity contribution in [3.05, 3.63) is 24.3 Å². The number of amides is 4. The van der Waals surface area contributed by atoms with Gasteiger partial charge in [0.1, 0.15) is 0 Å². The molecule has 4 amide bonds. The van der Waals surface area contributed by atoms with E-state index in [2.05, 4.69) is 10.6 Å². The smallest absolute Gasteiger partial charge is 0.324 e. The van der Waals surface area contributed by atoms with Crippen molar-refractivity contribution in [1.29, 1.82) is 0 Å². The quantitative estimate of drug-likeness (QED) is 0.772. The van der Waals surface area contributed by atoms with Gasteiger partial charge in [-0.15, -0.1) is 0 Å². The molecule has 26 heavy (non-hydrogen) atoms. The summed E-state index contributed by atoms with van der Waals surface area (Å²) in [4.78, 5) is 36.3. The normalized spacial score (nSPS) is 19.4. The predicted octanol–water partition coefficient (Wildman–Crippen LogP) is 0.497. The molecular formula is C16H20N4O5S. The fourth-order valence-corrected chi connectivity index (χ4v) is 4.49. The lowest BCUT2D eigenvalue weighted by Crippen LogP contribution is -2.50. The summed E-state index contributed by atoms with van der Waals surface area (Å²) in [5, 5.41) is 5.23. The molecule has 0 unspecified atom stereocenters. The number of imide groups is 1. The fraction of sp³-hybridized carbons (Fsp3) is 0.438. The van der Waals surface area contributed by atoms with E-state index in [0.29, 0.717) is 30.9 Å². The van der Waals surface area contributed by atoms with Crippen LogP contribution in [0.3, 0.4) is 0 Å². The van der Waals surface area contributed by atoms with Crippen molar-refractivity contribution in [2.75, 3.05) is 35.0 Å². The SMILES string of the molecule is O=C(CCN1C(=O)CCNC1=O)Nc1ccc(N2CCCS2(=O)=O)cc1. The van der Waals surface area contributed by atoms with E-state index in [1.54, 1.807) is 24.3 Å². The summed E-state index contributed by atoms with van der Waals surface area (Å²) in [5.74, 6) is -0.482. The summed E-state index contributed by atoms with van der Waals surface area (Å²) < 4.78 is 25.2. The minimum atomic E-state index is -3.24. The maximum atomic E-state index is 12.0. The van der Waals surface area contributed by atoms with E-state index in [0.717, 1.165) is 4.90 Å². The van der Waals surface area contributed by atoms with Crippen LogP contribution in [0.5, 0.6) is 0 Å². The van der Waals surface area contributed by atoms with Crippen molar-refractivity contribution in [3.63, 3.8) is 0 Å². The third-order valence-corrected chi connectivity index (χ3v) is 6.13. The summed E-state index contributed by atoms with van der Waals surface area (Å²) in [6, 6.07) is 6.05. The number of nitrogens with zero attached hydrogens (tertiary/aromatic N) is 2. The van der Waals surface area contributed by atoms with Crippen LogP contribution in [0.4, 0.5) is 16.2 Å². The second kappa shape index (κ2) is 7.32. The molecule has 0 saturated carbocycles. The summed E-state index contributed by atoms with van der Waals surface area (Å²) in [5.41, 5.74) is 1.08. The molecule has 9 nitrogen and oxygen atoms in total. The number of hydrogen-bond donors (Lipinski definition) is 2. The van der Waals surface area contributed by atoms with E-state index in [-0.39, 0.29) is 37.0 Å². The molecule has 140 valence electrons. The molecule has 0 aromatic heterocycles. The minimum Gasteiger partial charge on any atom is -0.337 e. The van der Waals surface area contributed by atoms with Gasteiger partial charge in [0.15, 0.2) is 0 Å². The van der Waals surface area contributed by atoms with Gasteiger partial charge in [-0.2, -0.15) is 0 Å². The van der Waals surface area contributed by atoms with Crippen LogP contribution >= 0.6 is 0 Å². The van der Waals surface area contributed by atoms with Crippen LogP contribution in [0.25, 0.3) is 0 Å². The van der Waals surface area contributed by atoms with Crippen LogP contribution in [-0.4, -0.2) is 56.6 Å². The highest BCUT2D eigenvalue weighted by Crippen LogP contribution is 2.25. The molecule has 2 fully saturated rings. The number of rotatable bonds is 5. The first-order valence-corrected chi connectivity index (χ1v) is 9.96. The Bertz CT molecular complexity index is 806. The summed E-state index contributed by atoms with van der Waals surface area (Å²) in [6.45, 7) is 0.792. The Hall–Kier alpha value is -2.62. The molecule has 0 radical (unpaired) electrons. The lowest BCUT2D eigenvalue weighted by molar-refractivity contribution is -0.129. The number of sulfonamides is 1. The van der Waals surface area contributed by atoms with E-state index in [1.807, 2.05) is 0 Å². The largest absolute Gasteiger partial charge is 0.337 e. The number of carbonyl (C=O) groups is 3. The summed E-state index contributed by atoms with van der Waals surface area (Å²) >= 11 is 0. The topological polar surface area (TPSA) is 116 Å². The average molecular weight is 380 g/mol. The Morgan fingerprint density at radius 1 is 1.19 bits per heavy atom. The molecular weight excluding hydrogens is 360 g/mol. The number of anilines is 2. The van der Waals surface area contributed by atoms with Crippen molar-refractivity contribution >= 4 is 39.2 Å². The molecule has 2 N–H and O–H groups in total. The van der Waals surface area contributed by atoms with Crippen LogP contribution in [0.2, 0.25) is 0 Å². The van der Waals surface area contributed by atoms with Gasteiger partial charge in [0, 0.05) is 38.2 Å². The average Bonchev–Trinajstić information content (AvgIpc) is 2.94. The van der Waals surface area contributed by atoms with Gasteiger partial charge >= 0.3 is 6.03 Å². The molecule has 2 heterocycles. The standard InChI is InChI=1S/C16H20N4O5S/c21-14(7-10-19-15(22)6-8-17-16(19)23)18-12-2-4-13(5-3-12)20-9-1-11-26(20,24)25/h2-5H,1,6-11H2,(H,17,23)(H,18,21). The van der Waals surface area contributed by atoms with Crippen LogP contribution in [-0.2, 0) is 19.6 Å². The Kier molecular flexibility index (Phi) is 5.12. The Morgan fingerprint density at radius 3 is 2.54 bits per heavy atom. The molecule has 2 aliphatic heterocycles. The Labute approximate surface area is 151 Å².